The molecule has 8 heteroatoms. The number of hydrogen-bond donors (Lipinski definition) is 0. The Morgan fingerprint density at radius 1 is 1.60 bits per heavy atom. The molecule has 1 rings (SSSR count). The first-order chi connectivity index (χ1) is 6.65. The van der Waals surface area contributed by atoms with Gasteiger partial charge in [-0.15, -0.1) is 0 Å². The van der Waals surface area contributed by atoms with Crippen LogP contribution >= 0.6 is 10.7 Å². The van der Waals surface area contributed by atoms with Gasteiger partial charge in [0.05, 0.1) is 6.10 Å². The zero-order valence-electron chi connectivity index (χ0n) is 8.28. The van der Waals surface area contributed by atoms with Gasteiger partial charge in [0.25, 0.3) is 15.7 Å². The van der Waals surface area contributed by atoms with Crippen molar-refractivity contribution >= 4 is 19.9 Å². The highest BCUT2D eigenvalue weighted by Crippen LogP contribution is 2.29. The maximum Gasteiger partial charge on any atom is 0.299 e. The van der Waals surface area contributed by atoms with Crippen molar-refractivity contribution in [3.05, 3.63) is 0 Å². The van der Waals surface area contributed by atoms with Gasteiger partial charge < -0.3 is 4.74 Å². The Balaban J connectivity index is 2.90. The van der Waals surface area contributed by atoms with E-state index in [1.807, 2.05) is 0 Å². The Hall–Kier alpha value is 0.0200. The maximum absolute atomic E-state index is 12.6. The summed E-state index contributed by atoms with van der Waals surface area (Å²) in [5.41, 5.74) is -1.79. The molecule has 1 aliphatic heterocycles. The SMILES string of the molecule is CC1CN(S(=O)(=O)Cl)CC(C)(C(F)F)O1. The number of morpholine rings is 1. The van der Waals surface area contributed by atoms with Crippen LogP contribution in [0, 0.1) is 0 Å². The first kappa shape index (κ1) is 13.1. The molecule has 0 N–H and O–H groups in total. The Kier molecular flexibility index (Phi) is 3.59. The summed E-state index contributed by atoms with van der Waals surface area (Å²) in [5, 5.41) is 0. The number of hydrogen-bond acceptors (Lipinski definition) is 3. The molecule has 0 bridgehead atoms. The van der Waals surface area contributed by atoms with Gasteiger partial charge in [0.15, 0.2) is 0 Å². The van der Waals surface area contributed by atoms with E-state index >= 15 is 0 Å². The maximum atomic E-state index is 12.6. The molecule has 2 unspecified atom stereocenters. The highest BCUT2D eigenvalue weighted by Gasteiger charge is 2.45. The van der Waals surface area contributed by atoms with E-state index in [0.717, 1.165) is 4.31 Å². The van der Waals surface area contributed by atoms with Crippen LogP contribution in [0.3, 0.4) is 0 Å². The van der Waals surface area contributed by atoms with Crippen molar-refractivity contribution in [1.82, 2.24) is 4.31 Å². The van der Waals surface area contributed by atoms with E-state index in [2.05, 4.69) is 0 Å². The largest absolute Gasteiger partial charge is 0.364 e. The molecule has 0 radical (unpaired) electrons. The molecule has 0 amide bonds. The predicted molar refractivity (Wildman–Crippen MR) is 51.3 cm³/mol. The number of nitrogens with zero attached hydrogens (tertiary/aromatic N) is 1. The fraction of sp³-hybridized carbons (Fsp3) is 1.00. The normalized spacial score (nSPS) is 34.7. The lowest BCUT2D eigenvalue weighted by atomic mass is 10.1. The van der Waals surface area contributed by atoms with Crippen molar-refractivity contribution in [2.45, 2.75) is 32.0 Å². The van der Waals surface area contributed by atoms with Crippen LogP contribution in [0.5, 0.6) is 0 Å². The molecule has 1 aliphatic rings. The van der Waals surface area contributed by atoms with Gasteiger partial charge in [-0.3, -0.25) is 0 Å². The van der Waals surface area contributed by atoms with Gasteiger partial charge in [-0.25, -0.2) is 8.78 Å². The second-order valence-corrected chi connectivity index (χ2v) is 6.29. The van der Waals surface area contributed by atoms with Crippen LogP contribution in [0.25, 0.3) is 0 Å². The average Bonchev–Trinajstić information content (AvgIpc) is 2.00. The summed E-state index contributed by atoms with van der Waals surface area (Å²) in [6, 6.07) is 0. The molecule has 4 nitrogen and oxygen atoms in total. The quantitative estimate of drug-likeness (QED) is 0.704. The fourth-order valence-corrected chi connectivity index (χ4v) is 2.64. The number of rotatable bonds is 2. The van der Waals surface area contributed by atoms with E-state index in [0.29, 0.717) is 0 Å². The van der Waals surface area contributed by atoms with Gasteiger partial charge in [-0.2, -0.15) is 12.7 Å². The molecule has 0 aromatic carbocycles. The Morgan fingerprint density at radius 2 is 2.13 bits per heavy atom. The van der Waals surface area contributed by atoms with E-state index in [1.165, 1.54) is 13.8 Å². The number of halogens is 3. The van der Waals surface area contributed by atoms with E-state index in [9.17, 15) is 17.2 Å². The van der Waals surface area contributed by atoms with Crippen molar-refractivity contribution in [3.8, 4) is 0 Å². The van der Waals surface area contributed by atoms with Gasteiger partial charge in [-0.05, 0) is 13.8 Å². The van der Waals surface area contributed by atoms with E-state index in [4.69, 9.17) is 15.4 Å². The van der Waals surface area contributed by atoms with Gasteiger partial charge >= 0.3 is 0 Å². The van der Waals surface area contributed by atoms with Crippen molar-refractivity contribution in [1.29, 1.82) is 0 Å². The number of alkyl halides is 2. The summed E-state index contributed by atoms with van der Waals surface area (Å²) in [7, 11) is 1.14. The molecule has 0 aromatic heterocycles. The van der Waals surface area contributed by atoms with E-state index in [1.54, 1.807) is 0 Å². The van der Waals surface area contributed by atoms with Gasteiger partial charge in [-0.1, -0.05) is 0 Å². The minimum Gasteiger partial charge on any atom is -0.364 e. The van der Waals surface area contributed by atoms with Crippen molar-refractivity contribution in [2.75, 3.05) is 13.1 Å². The molecule has 2 atom stereocenters. The summed E-state index contributed by atoms with van der Waals surface area (Å²) >= 11 is 0. The molecule has 0 aromatic rings. The summed E-state index contributed by atoms with van der Waals surface area (Å²) in [4.78, 5) is 0. The van der Waals surface area contributed by atoms with Gasteiger partial charge in [0, 0.05) is 23.8 Å². The molecule has 15 heavy (non-hydrogen) atoms. The van der Waals surface area contributed by atoms with Gasteiger partial charge in [0.1, 0.15) is 5.60 Å². The third-order valence-electron chi connectivity index (χ3n) is 2.19. The van der Waals surface area contributed by atoms with Crippen LogP contribution in [-0.2, 0) is 14.0 Å². The summed E-state index contributed by atoms with van der Waals surface area (Å²) in [6.07, 6.45) is -3.37. The third kappa shape index (κ3) is 2.99. The molecule has 1 heterocycles. The van der Waals surface area contributed by atoms with Crippen LogP contribution in [0.1, 0.15) is 13.8 Å². The average molecular weight is 264 g/mol. The first-order valence-electron chi connectivity index (χ1n) is 4.31. The minimum atomic E-state index is -3.97. The van der Waals surface area contributed by atoms with Crippen LogP contribution < -0.4 is 0 Å². The van der Waals surface area contributed by atoms with Crippen LogP contribution in [0.15, 0.2) is 0 Å². The number of ether oxygens (including phenoxy) is 1. The minimum absolute atomic E-state index is 0.00581. The van der Waals surface area contributed by atoms with Crippen LogP contribution in [0.2, 0.25) is 0 Å². The molecule has 90 valence electrons. The second-order valence-electron chi connectivity index (χ2n) is 3.78. The molecular weight excluding hydrogens is 252 g/mol. The van der Waals surface area contributed by atoms with E-state index in [-0.39, 0.29) is 6.54 Å². The van der Waals surface area contributed by atoms with Crippen LogP contribution in [-0.4, -0.2) is 43.9 Å². The van der Waals surface area contributed by atoms with Crippen molar-refractivity contribution < 1.29 is 21.9 Å². The summed E-state index contributed by atoms with van der Waals surface area (Å²) in [5.74, 6) is 0. The van der Waals surface area contributed by atoms with E-state index < -0.39 is 33.9 Å². The Morgan fingerprint density at radius 3 is 2.53 bits per heavy atom. The lowest BCUT2D eigenvalue weighted by molar-refractivity contribution is -0.185. The van der Waals surface area contributed by atoms with Crippen molar-refractivity contribution in [2.24, 2.45) is 0 Å². The van der Waals surface area contributed by atoms with Crippen LogP contribution in [0.4, 0.5) is 8.78 Å². The highest BCUT2D eigenvalue weighted by atomic mass is 35.7. The zero-order chi connectivity index (χ0) is 11.9. The molecule has 1 saturated heterocycles. The third-order valence-corrected chi connectivity index (χ3v) is 3.67. The fourth-order valence-electron chi connectivity index (χ4n) is 1.52. The monoisotopic (exact) mass is 263 g/mol. The smallest absolute Gasteiger partial charge is 0.299 e. The molecule has 0 saturated carbocycles. The standard InChI is InChI=1S/C7H12ClF2NO3S/c1-5-3-11(15(8,12)13)4-7(2,14-5)6(9)10/h5-6H,3-4H2,1-2H3. The lowest BCUT2D eigenvalue weighted by Crippen LogP contribution is -2.57. The highest BCUT2D eigenvalue weighted by molar-refractivity contribution is 8.11. The lowest BCUT2D eigenvalue weighted by Gasteiger charge is -2.41. The molecule has 0 spiro atoms. The summed E-state index contributed by atoms with van der Waals surface area (Å²) in [6.45, 7) is 2.26. The summed E-state index contributed by atoms with van der Waals surface area (Å²) < 4.78 is 53.2. The zero-order valence-corrected chi connectivity index (χ0v) is 9.86. The van der Waals surface area contributed by atoms with Crippen molar-refractivity contribution in [3.63, 3.8) is 0 Å². The predicted octanol–water partition coefficient (Wildman–Crippen LogP) is 1.21. The second kappa shape index (κ2) is 4.12. The molecular formula is C7H12ClF2NO3S. The first-order valence-corrected chi connectivity index (χ1v) is 6.57. The topological polar surface area (TPSA) is 46.6 Å². The Labute approximate surface area is 91.7 Å². The van der Waals surface area contributed by atoms with Gasteiger partial charge in [0.2, 0.25) is 0 Å². The molecule has 1 fully saturated rings. The molecule has 0 aliphatic carbocycles. The Bertz CT molecular complexity index is 337.